The zero-order chi connectivity index (χ0) is 21.3. The summed E-state index contributed by atoms with van der Waals surface area (Å²) < 4.78 is 47.9. The van der Waals surface area contributed by atoms with E-state index in [2.05, 4.69) is 20.3 Å². The highest BCUT2D eigenvalue weighted by Gasteiger charge is 2.31. The number of nitrogens with one attached hydrogen (secondary N) is 2. The Bertz CT molecular complexity index is 1070. The predicted octanol–water partition coefficient (Wildman–Crippen LogP) is 3.01. The second kappa shape index (κ2) is 7.82. The molecule has 2 N–H and O–H groups in total. The van der Waals surface area contributed by atoms with Crippen LogP contribution in [0.2, 0.25) is 0 Å². The molecule has 3 heterocycles. The molecule has 1 fully saturated rings. The molecule has 4 rings (SSSR count). The summed E-state index contributed by atoms with van der Waals surface area (Å²) in [5, 5.41) is 8.85. The van der Waals surface area contributed by atoms with Crippen LogP contribution in [0.25, 0.3) is 11.3 Å². The highest BCUT2D eigenvalue weighted by molar-refractivity contribution is 6.08. The Morgan fingerprint density at radius 2 is 2.07 bits per heavy atom. The third-order valence-electron chi connectivity index (χ3n) is 4.64. The van der Waals surface area contributed by atoms with Crippen LogP contribution in [0.5, 0.6) is 5.75 Å². The van der Waals surface area contributed by atoms with Gasteiger partial charge in [-0.1, -0.05) is 0 Å². The number of rotatable bonds is 5. The van der Waals surface area contributed by atoms with Crippen LogP contribution in [-0.4, -0.2) is 39.7 Å². The quantitative estimate of drug-likeness (QED) is 0.659. The lowest BCUT2D eigenvalue weighted by Gasteiger charge is -2.16. The molecular weight excluding hydrogens is 405 g/mol. The van der Waals surface area contributed by atoms with Crippen LogP contribution in [0.3, 0.4) is 0 Å². The van der Waals surface area contributed by atoms with Crippen molar-refractivity contribution in [2.75, 3.05) is 11.9 Å². The fourth-order valence-corrected chi connectivity index (χ4v) is 3.32. The monoisotopic (exact) mass is 422 g/mol. The van der Waals surface area contributed by atoms with Crippen LogP contribution in [0.4, 0.5) is 18.9 Å². The number of alkyl halides is 3. The van der Waals surface area contributed by atoms with E-state index in [4.69, 9.17) is 4.74 Å². The number of amides is 1. The van der Waals surface area contributed by atoms with Gasteiger partial charge in [0, 0.05) is 31.2 Å². The summed E-state index contributed by atoms with van der Waals surface area (Å²) in [6.07, 6.45) is 0.213. The fraction of sp³-hybridized carbons (Fsp3) is 0.316. The van der Waals surface area contributed by atoms with E-state index < -0.39 is 23.6 Å². The molecule has 1 amide bonds. The summed E-state index contributed by atoms with van der Waals surface area (Å²) >= 11 is 0. The molecule has 0 radical (unpaired) electrons. The third kappa shape index (κ3) is 4.46. The molecule has 0 spiro atoms. The third-order valence-corrected chi connectivity index (χ3v) is 4.64. The first-order valence-corrected chi connectivity index (χ1v) is 9.15. The Kier molecular flexibility index (Phi) is 5.20. The van der Waals surface area contributed by atoms with Crippen molar-refractivity contribution in [3.05, 3.63) is 52.6 Å². The Hall–Kier alpha value is -3.34. The van der Waals surface area contributed by atoms with Crippen LogP contribution in [0.15, 0.2) is 41.5 Å². The first-order valence-electron chi connectivity index (χ1n) is 9.15. The number of ether oxygens (including phenoxy) is 2. The summed E-state index contributed by atoms with van der Waals surface area (Å²) in [6.45, 7) is 1.15. The summed E-state index contributed by atoms with van der Waals surface area (Å²) in [7, 11) is 0. The van der Waals surface area contributed by atoms with Crippen molar-refractivity contribution >= 4 is 11.6 Å². The number of benzene rings is 1. The van der Waals surface area contributed by atoms with E-state index >= 15 is 0 Å². The first-order chi connectivity index (χ1) is 14.3. The fourth-order valence-electron chi connectivity index (χ4n) is 3.32. The molecule has 158 valence electrons. The number of aromatic nitrogens is 3. The predicted molar refractivity (Wildman–Crippen MR) is 99.5 cm³/mol. The van der Waals surface area contributed by atoms with Crippen molar-refractivity contribution in [1.29, 1.82) is 0 Å². The van der Waals surface area contributed by atoms with Gasteiger partial charge >= 0.3 is 6.36 Å². The maximum atomic E-state index is 12.8. The Balaban J connectivity index is 1.56. The molecular formula is C19H17F3N4O4. The molecule has 0 aliphatic carbocycles. The number of pyridine rings is 1. The van der Waals surface area contributed by atoms with Gasteiger partial charge in [-0.2, -0.15) is 5.10 Å². The lowest BCUT2D eigenvalue weighted by molar-refractivity contribution is -0.274. The van der Waals surface area contributed by atoms with Gasteiger partial charge in [0.2, 0.25) is 0 Å². The van der Waals surface area contributed by atoms with Crippen molar-refractivity contribution in [2.24, 2.45) is 0 Å². The van der Waals surface area contributed by atoms with Gasteiger partial charge in [0.15, 0.2) is 0 Å². The van der Waals surface area contributed by atoms with Gasteiger partial charge < -0.3 is 19.4 Å². The highest BCUT2D eigenvalue weighted by Crippen LogP contribution is 2.26. The van der Waals surface area contributed by atoms with Gasteiger partial charge in [0.05, 0.1) is 17.2 Å². The van der Waals surface area contributed by atoms with Crippen LogP contribution in [0, 0.1) is 0 Å². The maximum absolute atomic E-state index is 12.8. The van der Waals surface area contributed by atoms with Gasteiger partial charge in [-0.05, 0) is 37.1 Å². The van der Waals surface area contributed by atoms with E-state index in [1.165, 1.54) is 12.1 Å². The molecule has 1 atom stereocenters. The molecule has 1 aromatic carbocycles. The van der Waals surface area contributed by atoms with Gasteiger partial charge in [-0.25, -0.2) is 5.10 Å². The molecule has 0 unspecified atom stereocenters. The van der Waals surface area contributed by atoms with Gasteiger partial charge in [0.1, 0.15) is 11.4 Å². The van der Waals surface area contributed by atoms with Crippen molar-refractivity contribution in [3.8, 4) is 17.0 Å². The van der Waals surface area contributed by atoms with E-state index in [1.807, 2.05) is 0 Å². The van der Waals surface area contributed by atoms with Crippen molar-refractivity contribution in [1.82, 2.24) is 14.8 Å². The van der Waals surface area contributed by atoms with Gasteiger partial charge in [-0.3, -0.25) is 9.59 Å². The normalized spacial score (nSPS) is 16.7. The molecule has 11 heteroatoms. The number of nitrogens with zero attached hydrogens (tertiary/aromatic N) is 2. The lowest BCUT2D eigenvalue weighted by Crippen LogP contribution is -2.20. The van der Waals surface area contributed by atoms with Crippen LogP contribution < -0.4 is 15.6 Å². The molecule has 30 heavy (non-hydrogen) atoms. The Morgan fingerprint density at radius 3 is 2.73 bits per heavy atom. The topological polar surface area (TPSA) is 98.2 Å². The molecule has 3 aliphatic heterocycles. The number of H-pyrrole nitrogens is 1. The first kappa shape index (κ1) is 20.0. The Labute approximate surface area is 167 Å². The van der Waals surface area contributed by atoms with E-state index in [-0.39, 0.29) is 28.6 Å². The summed E-state index contributed by atoms with van der Waals surface area (Å²) in [6, 6.07) is 4.74. The van der Waals surface area contributed by atoms with Crippen molar-refractivity contribution < 1.29 is 27.4 Å². The van der Waals surface area contributed by atoms with E-state index in [9.17, 15) is 22.8 Å². The zero-order valence-electron chi connectivity index (χ0n) is 15.5. The van der Waals surface area contributed by atoms with E-state index in [0.29, 0.717) is 13.2 Å². The average Bonchev–Trinajstić information content (AvgIpc) is 3.32. The molecule has 1 saturated heterocycles. The SMILES string of the molecule is O=C(Nc1ccc(OC(F)(F)F)cc1)c1cn(C[C@H]2CCCO2)cc2c(=O)[nH]nc1-2. The number of hydrogen-bond acceptors (Lipinski definition) is 5. The highest BCUT2D eigenvalue weighted by atomic mass is 19.4. The summed E-state index contributed by atoms with van der Waals surface area (Å²) in [4.78, 5) is 24.9. The summed E-state index contributed by atoms with van der Waals surface area (Å²) in [5.74, 6) is -0.960. The minimum atomic E-state index is -4.80. The Morgan fingerprint density at radius 1 is 1.30 bits per heavy atom. The van der Waals surface area contributed by atoms with Crippen LogP contribution >= 0.6 is 0 Å². The number of halogens is 3. The number of carbonyl (C=O) groups is 1. The van der Waals surface area contributed by atoms with Crippen molar-refractivity contribution in [3.63, 3.8) is 0 Å². The second-order valence-electron chi connectivity index (χ2n) is 6.85. The smallest absolute Gasteiger partial charge is 0.406 e. The molecule has 8 nitrogen and oxygen atoms in total. The minimum absolute atomic E-state index is 0.00783. The summed E-state index contributed by atoms with van der Waals surface area (Å²) in [5.41, 5.74) is 0.455. The molecule has 1 aromatic rings. The maximum Gasteiger partial charge on any atom is 0.573 e. The van der Waals surface area contributed by atoms with Crippen LogP contribution in [0.1, 0.15) is 23.2 Å². The number of carbonyl (C=O) groups excluding carboxylic acids is 1. The molecule has 0 aromatic heterocycles. The van der Waals surface area contributed by atoms with Gasteiger partial charge in [0.25, 0.3) is 11.5 Å². The molecule has 3 aliphatic rings. The van der Waals surface area contributed by atoms with Crippen LogP contribution in [-0.2, 0) is 11.3 Å². The number of fused-ring (bicyclic) bond motifs is 1. The van der Waals surface area contributed by atoms with Crippen molar-refractivity contribution in [2.45, 2.75) is 31.9 Å². The number of hydrogen-bond donors (Lipinski definition) is 2. The standard InChI is InChI=1S/C19H17F3N4O4/c20-19(21,22)30-12-5-3-11(4-6-12)23-17(27)14-9-26(8-13-2-1-7-29-13)10-15-16(14)24-25-18(15)28/h3-6,9-10,13H,1-2,7-8H2,(H,23,27)(H,25,28)/t13-/m1/s1. The van der Waals surface area contributed by atoms with E-state index in [1.54, 1.807) is 17.0 Å². The average molecular weight is 422 g/mol. The lowest BCUT2D eigenvalue weighted by atomic mass is 10.1. The van der Waals surface area contributed by atoms with Gasteiger partial charge in [-0.15, -0.1) is 13.2 Å². The molecule has 0 bridgehead atoms. The second-order valence-corrected chi connectivity index (χ2v) is 6.85. The molecule has 0 saturated carbocycles. The largest absolute Gasteiger partial charge is 0.573 e. The minimum Gasteiger partial charge on any atom is -0.406 e. The number of aromatic amines is 1. The van der Waals surface area contributed by atoms with E-state index in [0.717, 1.165) is 25.0 Å². The zero-order valence-corrected chi connectivity index (χ0v) is 15.5. The number of anilines is 1.